The van der Waals surface area contributed by atoms with E-state index in [9.17, 15) is 9.59 Å². The van der Waals surface area contributed by atoms with Crippen LogP contribution in [0.4, 0.5) is 5.69 Å². The number of hydrogen-bond acceptors (Lipinski definition) is 4. The molecule has 1 aromatic carbocycles. The number of benzene rings is 1. The van der Waals surface area contributed by atoms with Gasteiger partial charge in [-0.1, -0.05) is 33.1 Å². The van der Waals surface area contributed by atoms with Crippen LogP contribution in [-0.2, 0) is 17.8 Å². The van der Waals surface area contributed by atoms with Crippen molar-refractivity contribution in [3.8, 4) is 0 Å². The van der Waals surface area contributed by atoms with Crippen molar-refractivity contribution >= 4 is 17.5 Å². The Kier molecular flexibility index (Phi) is 9.48. The Morgan fingerprint density at radius 1 is 1.12 bits per heavy atom. The summed E-state index contributed by atoms with van der Waals surface area (Å²) in [6.45, 7) is 10.2. The summed E-state index contributed by atoms with van der Waals surface area (Å²) in [5.41, 5.74) is 3.62. The van der Waals surface area contributed by atoms with Gasteiger partial charge >= 0.3 is 0 Å². The molecule has 0 spiro atoms. The summed E-state index contributed by atoms with van der Waals surface area (Å²) in [5, 5.41) is 3.01. The molecular formula is C26H39N5O2. The van der Waals surface area contributed by atoms with Crippen molar-refractivity contribution in [1.29, 1.82) is 0 Å². The number of nitrogens with zero attached hydrogens (tertiary/aromatic N) is 3. The Morgan fingerprint density at radius 3 is 2.58 bits per heavy atom. The smallest absolute Gasteiger partial charge is 0.251 e. The number of imidazole rings is 1. The summed E-state index contributed by atoms with van der Waals surface area (Å²) in [4.78, 5) is 36.9. The topological polar surface area (TPSA) is 81.3 Å². The van der Waals surface area contributed by atoms with Crippen LogP contribution in [0.15, 0.2) is 30.7 Å². The number of carbonyl (C=O) groups is 2. The molecule has 0 fully saturated rings. The number of anilines is 1. The van der Waals surface area contributed by atoms with E-state index in [4.69, 9.17) is 0 Å². The minimum Gasteiger partial charge on any atom is -0.352 e. The van der Waals surface area contributed by atoms with E-state index in [1.54, 1.807) is 19.4 Å². The Labute approximate surface area is 198 Å². The van der Waals surface area contributed by atoms with Crippen molar-refractivity contribution in [2.24, 2.45) is 5.92 Å². The van der Waals surface area contributed by atoms with Crippen LogP contribution in [0.3, 0.4) is 0 Å². The highest BCUT2D eigenvalue weighted by Crippen LogP contribution is 2.26. The fraction of sp³-hybridized carbons (Fsp3) is 0.577. The van der Waals surface area contributed by atoms with Gasteiger partial charge < -0.3 is 15.2 Å². The number of rotatable bonds is 6. The van der Waals surface area contributed by atoms with E-state index in [-0.39, 0.29) is 11.8 Å². The second-order valence-electron chi connectivity index (χ2n) is 9.49. The lowest BCUT2D eigenvalue weighted by Crippen LogP contribution is -2.34. The zero-order valence-electron chi connectivity index (χ0n) is 20.4. The van der Waals surface area contributed by atoms with Crippen LogP contribution in [0.5, 0.6) is 0 Å². The number of H-pyrrole nitrogens is 1. The molecular weight excluding hydrogens is 414 g/mol. The molecule has 0 saturated carbocycles. The SMILES string of the molecule is CC(=O)N1CCCCCCCN(CC(C)C)Cc2cc(C(=O)NCCc3cnc[nH]3)ccc21. The average molecular weight is 454 g/mol. The van der Waals surface area contributed by atoms with E-state index in [2.05, 4.69) is 34.0 Å². The fourth-order valence-corrected chi connectivity index (χ4v) is 4.53. The van der Waals surface area contributed by atoms with Gasteiger partial charge in [0.2, 0.25) is 5.91 Å². The van der Waals surface area contributed by atoms with Gasteiger partial charge in [-0.05, 0) is 49.1 Å². The van der Waals surface area contributed by atoms with E-state index in [1.165, 1.54) is 19.3 Å². The molecule has 0 aliphatic carbocycles. The van der Waals surface area contributed by atoms with Gasteiger partial charge in [0, 0.05) is 62.7 Å². The maximum atomic E-state index is 12.9. The molecule has 1 aromatic heterocycles. The molecule has 0 unspecified atom stereocenters. The maximum absolute atomic E-state index is 12.9. The van der Waals surface area contributed by atoms with Crippen LogP contribution >= 0.6 is 0 Å². The summed E-state index contributed by atoms with van der Waals surface area (Å²) >= 11 is 0. The summed E-state index contributed by atoms with van der Waals surface area (Å²) in [7, 11) is 0. The zero-order chi connectivity index (χ0) is 23.6. The van der Waals surface area contributed by atoms with Gasteiger partial charge in [0.15, 0.2) is 0 Å². The molecule has 180 valence electrons. The third kappa shape index (κ3) is 7.70. The molecule has 7 nitrogen and oxygen atoms in total. The predicted octanol–water partition coefficient (Wildman–Crippen LogP) is 4.16. The van der Waals surface area contributed by atoms with Crippen molar-refractivity contribution in [2.75, 3.05) is 31.1 Å². The quantitative estimate of drug-likeness (QED) is 0.688. The molecule has 7 heteroatoms. The van der Waals surface area contributed by atoms with Crippen molar-refractivity contribution in [1.82, 2.24) is 20.2 Å². The molecule has 0 bridgehead atoms. The van der Waals surface area contributed by atoms with Gasteiger partial charge in [0.1, 0.15) is 0 Å². The van der Waals surface area contributed by atoms with Crippen LogP contribution in [0.2, 0.25) is 0 Å². The third-order valence-corrected chi connectivity index (χ3v) is 6.12. The van der Waals surface area contributed by atoms with Crippen LogP contribution in [-0.4, -0.2) is 52.9 Å². The van der Waals surface area contributed by atoms with Gasteiger partial charge in [-0.3, -0.25) is 14.5 Å². The highest BCUT2D eigenvalue weighted by molar-refractivity contribution is 5.97. The zero-order valence-corrected chi connectivity index (χ0v) is 20.4. The molecule has 1 aliphatic rings. The van der Waals surface area contributed by atoms with Crippen LogP contribution < -0.4 is 10.2 Å². The van der Waals surface area contributed by atoms with Crippen LogP contribution in [0.1, 0.15) is 74.5 Å². The molecule has 0 radical (unpaired) electrons. The van der Waals surface area contributed by atoms with Crippen molar-refractivity contribution < 1.29 is 9.59 Å². The average Bonchev–Trinajstić information content (AvgIpc) is 3.27. The second-order valence-corrected chi connectivity index (χ2v) is 9.49. The molecule has 1 aliphatic heterocycles. The first kappa shape index (κ1) is 25.0. The van der Waals surface area contributed by atoms with Gasteiger partial charge in [0.25, 0.3) is 5.91 Å². The second kappa shape index (κ2) is 12.5. The number of hydrogen-bond donors (Lipinski definition) is 2. The van der Waals surface area contributed by atoms with Gasteiger partial charge in [-0.2, -0.15) is 0 Å². The Bertz CT molecular complexity index is 894. The molecule has 3 rings (SSSR count). The summed E-state index contributed by atoms with van der Waals surface area (Å²) in [6.07, 6.45) is 9.89. The van der Waals surface area contributed by atoms with Crippen molar-refractivity contribution in [3.63, 3.8) is 0 Å². The standard InChI is InChI=1S/C26H39N5O2/c1-20(2)17-30-13-7-5-4-6-8-14-31(21(3)32)25-10-9-22(15-23(25)18-30)26(33)28-12-11-24-16-27-19-29-24/h9-10,15-16,19-20H,4-8,11-14,17-18H2,1-3H3,(H,27,29)(H,28,33). The van der Waals surface area contributed by atoms with Crippen LogP contribution in [0.25, 0.3) is 0 Å². The van der Waals surface area contributed by atoms with Crippen LogP contribution in [0, 0.1) is 5.92 Å². The summed E-state index contributed by atoms with van der Waals surface area (Å²) in [5.74, 6) is 0.521. The molecule has 2 aromatic rings. The Balaban J connectivity index is 1.83. The number of fused-ring (bicyclic) bond motifs is 1. The lowest BCUT2D eigenvalue weighted by atomic mass is 10.0. The molecule has 0 atom stereocenters. The minimum absolute atomic E-state index is 0.0560. The lowest BCUT2D eigenvalue weighted by Gasteiger charge is -2.30. The van der Waals surface area contributed by atoms with E-state index >= 15 is 0 Å². The van der Waals surface area contributed by atoms with Gasteiger partial charge in [-0.25, -0.2) is 4.98 Å². The molecule has 2 amide bonds. The Morgan fingerprint density at radius 2 is 1.88 bits per heavy atom. The largest absolute Gasteiger partial charge is 0.352 e. The number of nitrogens with one attached hydrogen (secondary N) is 2. The first-order valence-corrected chi connectivity index (χ1v) is 12.3. The third-order valence-electron chi connectivity index (χ3n) is 6.12. The molecule has 0 saturated heterocycles. The number of amides is 2. The fourth-order valence-electron chi connectivity index (χ4n) is 4.53. The first-order chi connectivity index (χ1) is 15.9. The molecule has 33 heavy (non-hydrogen) atoms. The summed E-state index contributed by atoms with van der Waals surface area (Å²) in [6, 6.07) is 5.79. The number of aromatic nitrogens is 2. The van der Waals surface area contributed by atoms with Crippen molar-refractivity contribution in [3.05, 3.63) is 47.5 Å². The van der Waals surface area contributed by atoms with Crippen molar-refractivity contribution in [2.45, 2.75) is 65.8 Å². The van der Waals surface area contributed by atoms with Gasteiger partial charge in [-0.15, -0.1) is 0 Å². The normalized spacial score (nSPS) is 16.1. The van der Waals surface area contributed by atoms with Gasteiger partial charge in [0.05, 0.1) is 6.33 Å². The molecule has 2 N–H and O–H groups in total. The maximum Gasteiger partial charge on any atom is 0.251 e. The van der Waals surface area contributed by atoms with E-state index in [1.807, 2.05) is 23.1 Å². The minimum atomic E-state index is -0.0896. The van der Waals surface area contributed by atoms with E-state index in [0.29, 0.717) is 24.4 Å². The predicted molar refractivity (Wildman–Crippen MR) is 132 cm³/mol. The molecule has 2 heterocycles. The summed E-state index contributed by atoms with van der Waals surface area (Å²) < 4.78 is 0. The van der Waals surface area contributed by atoms with E-state index < -0.39 is 0 Å². The Hall–Kier alpha value is -2.67. The number of aromatic amines is 1. The van der Waals surface area contributed by atoms with E-state index in [0.717, 1.165) is 56.0 Å². The highest BCUT2D eigenvalue weighted by atomic mass is 16.2. The lowest BCUT2D eigenvalue weighted by molar-refractivity contribution is -0.116. The highest BCUT2D eigenvalue weighted by Gasteiger charge is 2.20. The monoisotopic (exact) mass is 453 g/mol. The first-order valence-electron chi connectivity index (χ1n) is 12.3. The number of carbonyl (C=O) groups excluding carboxylic acids is 2.